The van der Waals surface area contributed by atoms with Crippen LogP contribution in [0.1, 0.15) is 50.6 Å². The molecular weight excluding hydrogens is 374 g/mol. The second-order valence-electron chi connectivity index (χ2n) is 8.85. The summed E-state index contributed by atoms with van der Waals surface area (Å²) in [4.78, 5) is 17.8. The van der Waals surface area contributed by atoms with Crippen molar-refractivity contribution in [3.8, 4) is 0 Å². The number of hydrogen-bond acceptors (Lipinski definition) is 4. The molecule has 0 amide bonds. The fraction of sp³-hybridized carbons (Fsp3) is 0.583. The van der Waals surface area contributed by atoms with Gasteiger partial charge in [0.25, 0.3) is 0 Å². The smallest absolute Gasteiger partial charge is 0.301 e. The Morgan fingerprint density at radius 2 is 1.73 bits per heavy atom. The topological polar surface area (TPSA) is 46.3 Å². The minimum atomic E-state index is 0.0608. The van der Waals surface area contributed by atoms with Gasteiger partial charge < -0.3 is 4.90 Å². The summed E-state index contributed by atoms with van der Waals surface area (Å²) in [6, 6.07) is 10.8. The largest absolute Gasteiger partial charge is 0.346 e. The van der Waals surface area contributed by atoms with Gasteiger partial charge >= 0.3 is 5.69 Å². The molecule has 2 aliphatic heterocycles. The van der Waals surface area contributed by atoms with Crippen LogP contribution in [0.15, 0.2) is 47.0 Å². The summed E-state index contributed by atoms with van der Waals surface area (Å²) in [5, 5.41) is 4.41. The van der Waals surface area contributed by atoms with E-state index in [1.54, 1.807) is 11.0 Å². The summed E-state index contributed by atoms with van der Waals surface area (Å²) >= 11 is 0. The van der Waals surface area contributed by atoms with Crippen LogP contribution in [0.2, 0.25) is 0 Å². The Labute approximate surface area is 179 Å². The van der Waals surface area contributed by atoms with Crippen LogP contribution in [0.4, 0.5) is 0 Å². The summed E-state index contributed by atoms with van der Waals surface area (Å²) in [6.45, 7) is 9.20. The first-order chi connectivity index (χ1) is 14.7. The summed E-state index contributed by atoms with van der Waals surface area (Å²) in [5.74, 6) is 0. The number of benzene rings is 1. The van der Waals surface area contributed by atoms with Crippen molar-refractivity contribution in [1.82, 2.24) is 24.1 Å². The van der Waals surface area contributed by atoms with Gasteiger partial charge in [0, 0.05) is 32.2 Å². The van der Waals surface area contributed by atoms with Crippen LogP contribution in [0.3, 0.4) is 0 Å². The van der Waals surface area contributed by atoms with E-state index in [9.17, 15) is 4.79 Å². The quantitative estimate of drug-likeness (QED) is 0.704. The van der Waals surface area contributed by atoms with Crippen LogP contribution < -0.4 is 5.69 Å². The van der Waals surface area contributed by atoms with Crippen molar-refractivity contribution in [2.45, 2.75) is 51.6 Å². The monoisotopic (exact) mass is 409 g/mol. The molecule has 2 aliphatic rings. The highest BCUT2D eigenvalue weighted by Gasteiger charge is 2.23. The zero-order valence-corrected chi connectivity index (χ0v) is 18.2. The zero-order chi connectivity index (χ0) is 20.8. The maximum Gasteiger partial charge on any atom is 0.346 e. The van der Waals surface area contributed by atoms with E-state index in [1.165, 1.54) is 30.4 Å². The first kappa shape index (κ1) is 21.1. The maximum absolute atomic E-state index is 12.8. The average Bonchev–Trinajstić information content (AvgIpc) is 3.14. The van der Waals surface area contributed by atoms with Crippen LogP contribution in [0.5, 0.6) is 0 Å². The number of rotatable bonds is 7. The van der Waals surface area contributed by atoms with E-state index in [-0.39, 0.29) is 11.7 Å². The third kappa shape index (κ3) is 5.49. The van der Waals surface area contributed by atoms with Gasteiger partial charge in [-0.15, -0.1) is 0 Å². The first-order valence-electron chi connectivity index (χ1n) is 11.5. The van der Waals surface area contributed by atoms with E-state index < -0.39 is 0 Å². The molecule has 30 heavy (non-hydrogen) atoms. The Bertz CT molecular complexity index is 871. The van der Waals surface area contributed by atoms with Crippen molar-refractivity contribution in [3.05, 3.63) is 58.3 Å². The van der Waals surface area contributed by atoms with Crippen molar-refractivity contribution in [1.29, 1.82) is 0 Å². The molecular formula is C24H35N5O. The second kappa shape index (κ2) is 10.2. The second-order valence-corrected chi connectivity index (χ2v) is 8.85. The number of aromatic nitrogens is 3. The van der Waals surface area contributed by atoms with Crippen LogP contribution in [-0.4, -0.2) is 63.4 Å². The van der Waals surface area contributed by atoms with Crippen LogP contribution >= 0.6 is 0 Å². The summed E-state index contributed by atoms with van der Waals surface area (Å²) in [6.07, 6.45) is 9.95. The van der Waals surface area contributed by atoms with Crippen molar-refractivity contribution in [2.75, 3.05) is 39.3 Å². The van der Waals surface area contributed by atoms with E-state index in [4.69, 9.17) is 0 Å². The lowest BCUT2D eigenvalue weighted by Crippen LogP contribution is -2.39. The van der Waals surface area contributed by atoms with Crippen molar-refractivity contribution in [2.24, 2.45) is 0 Å². The van der Waals surface area contributed by atoms with Gasteiger partial charge in [0.1, 0.15) is 6.33 Å². The van der Waals surface area contributed by atoms with Crippen LogP contribution in [0, 0.1) is 0 Å². The van der Waals surface area contributed by atoms with Crippen molar-refractivity contribution in [3.63, 3.8) is 0 Å². The fourth-order valence-electron chi connectivity index (χ4n) is 4.76. The first-order valence-corrected chi connectivity index (χ1v) is 11.5. The van der Waals surface area contributed by atoms with Crippen molar-refractivity contribution >= 4 is 6.08 Å². The van der Waals surface area contributed by atoms with Gasteiger partial charge in [-0.05, 0) is 51.3 Å². The Morgan fingerprint density at radius 1 is 1.00 bits per heavy atom. The Hall–Kier alpha value is -2.18. The summed E-state index contributed by atoms with van der Waals surface area (Å²) < 4.78 is 3.54. The lowest BCUT2D eigenvalue weighted by molar-refractivity contribution is 0.196. The van der Waals surface area contributed by atoms with Gasteiger partial charge in [0.15, 0.2) is 0 Å². The summed E-state index contributed by atoms with van der Waals surface area (Å²) in [7, 11) is 0. The standard InChI is InChI=1S/C24H35N5O/c1-21(18-22-8-4-2-5-9-22)19-27-14-10-23(11-15-27)28-20-25-29(24(28)30)17-16-26-12-6-3-7-13-26/h2,4-5,8-9,18,20,23H,3,6-7,10-17,19H2,1H3. The molecule has 0 saturated carbocycles. The molecule has 2 fully saturated rings. The molecule has 0 radical (unpaired) electrons. The maximum atomic E-state index is 12.8. The predicted molar refractivity (Wildman–Crippen MR) is 122 cm³/mol. The molecule has 2 aromatic rings. The molecule has 0 N–H and O–H groups in total. The summed E-state index contributed by atoms with van der Waals surface area (Å²) in [5.41, 5.74) is 2.70. The number of piperidine rings is 2. The van der Waals surface area contributed by atoms with Gasteiger partial charge in [-0.3, -0.25) is 9.47 Å². The third-order valence-electron chi connectivity index (χ3n) is 6.47. The highest BCUT2D eigenvalue weighted by Crippen LogP contribution is 2.21. The van der Waals surface area contributed by atoms with E-state index >= 15 is 0 Å². The number of hydrogen-bond donors (Lipinski definition) is 0. The molecule has 1 aromatic heterocycles. The van der Waals surface area contributed by atoms with E-state index in [0.717, 1.165) is 52.1 Å². The molecule has 4 rings (SSSR count). The zero-order valence-electron chi connectivity index (χ0n) is 18.2. The fourth-order valence-corrected chi connectivity index (χ4v) is 4.76. The van der Waals surface area contributed by atoms with Gasteiger partial charge in [-0.25, -0.2) is 9.48 Å². The molecule has 1 aromatic carbocycles. The van der Waals surface area contributed by atoms with Gasteiger partial charge in [-0.1, -0.05) is 48.4 Å². The molecule has 2 saturated heterocycles. The molecule has 6 heteroatoms. The molecule has 3 heterocycles. The minimum absolute atomic E-state index is 0.0608. The lowest BCUT2D eigenvalue weighted by atomic mass is 10.0. The lowest BCUT2D eigenvalue weighted by Gasteiger charge is -2.32. The Balaban J connectivity index is 1.27. The molecule has 162 valence electrons. The van der Waals surface area contributed by atoms with Gasteiger partial charge in [0.05, 0.1) is 6.54 Å². The minimum Gasteiger partial charge on any atom is -0.301 e. The van der Waals surface area contributed by atoms with E-state index in [2.05, 4.69) is 58.2 Å². The predicted octanol–water partition coefficient (Wildman–Crippen LogP) is 3.27. The molecule has 0 aliphatic carbocycles. The average molecular weight is 410 g/mol. The van der Waals surface area contributed by atoms with Crippen molar-refractivity contribution < 1.29 is 0 Å². The molecule has 0 spiro atoms. The van der Waals surface area contributed by atoms with Gasteiger partial charge in [-0.2, -0.15) is 5.10 Å². The van der Waals surface area contributed by atoms with Gasteiger partial charge in [0.2, 0.25) is 0 Å². The Morgan fingerprint density at radius 3 is 2.47 bits per heavy atom. The molecule has 6 nitrogen and oxygen atoms in total. The SMILES string of the molecule is CC(=Cc1ccccc1)CN1CCC(n2cnn(CCN3CCCCC3)c2=O)CC1. The van der Waals surface area contributed by atoms with Crippen LogP contribution in [0.25, 0.3) is 6.08 Å². The Kier molecular flexibility index (Phi) is 7.18. The third-order valence-corrected chi connectivity index (χ3v) is 6.47. The molecule has 0 bridgehead atoms. The normalized spacial score (nSPS) is 20.0. The number of likely N-dealkylation sites (tertiary alicyclic amines) is 2. The molecule has 0 unspecified atom stereocenters. The number of nitrogens with zero attached hydrogens (tertiary/aromatic N) is 5. The molecule has 0 atom stereocenters. The highest BCUT2D eigenvalue weighted by atomic mass is 16.2. The highest BCUT2D eigenvalue weighted by molar-refractivity contribution is 5.52. The van der Waals surface area contributed by atoms with E-state index in [1.807, 2.05) is 4.57 Å². The van der Waals surface area contributed by atoms with Crippen LogP contribution in [-0.2, 0) is 6.54 Å². The van der Waals surface area contributed by atoms with E-state index in [0.29, 0.717) is 6.54 Å².